The quantitative estimate of drug-likeness (QED) is 0.105. The average molecular weight is 714 g/mol. The molecule has 2 aromatic carbocycles. The topological polar surface area (TPSA) is 154 Å². The zero-order valence-corrected chi connectivity index (χ0v) is 27.9. The van der Waals surface area contributed by atoms with Gasteiger partial charge in [0.05, 0.1) is 44.5 Å². The lowest BCUT2D eigenvalue weighted by atomic mass is 9.80. The van der Waals surface area contributed by atoms with Crippen LogP contribution in [0.1, 0.15) is 31.2 Å². The number of carbonyl (C=O) groups is 3. The molecule has 2 atom stereocenters. The molecule has 0 fully saturated rings. The molecule has 0 spiro atoms. The van der Waals surface area contributed by atoms with E-state index in [2.05, 4.69) is 20.7 Å². The van der Waals surface area contributed by atoms with E-state index in [9.17, 15) is 32.7 Å². The van der Waals surface area contributed by atoms with Crippen LogP contribution >= 0.6 is 11.6 Å². The number of hydrogen-bond donors (Lipinski definition) is 4. The molecule has 0 aliphatic carbocycles. The molecule has 1 aliphatic rings. The summed E-state index contributed by atoms with van der Waals surface area (Å²) in [5.41, 5.74) is -2.36. The van der Waals surface area contributed by atoms with Gasteiger partial charge in [-0.3, -0.25) is 0 Å². The van der Waals surface area contributed by atoms with E-state index in [1.807, 2.05) is 0 Å². The van der Waals surface area contributed by atoms with Crippen molar-refractivity contribution in [1.29, 1.82) is 0 Å². The largest absolute Gasteiger partial charge is 0.493 e. The summed E-state index contributed by atoms with van der Waals surface area (Å²) in [7, 11) is 2.46. The Balaban J connectivity index is 1.41. The van der Waals surface area contributed by atoms with Crippen LogP contribution in [0.2, 0.25) is 5.02 Å². The predicted octanol–water partition coefficient (Wildman–Crippen LogP) is 4.38. The fourth-order valence-electron chi connectivity index (χ4n) is 4.84. The molecule has 268 valence electrons. The number of nitrogens with one attached hydrogen (secondary N) is 3. The highest BCUT2D eigenvalue weighted by Gasteiger charge is 2.47. The number of rotatable bonds is 17. The minimum atomic E-state index is -4.96. The molecule has 0 radical (unpaired) electrons. The van der Waals surface area contributed by atoms with E-state index in [1.54, 1.807) is 24.3 Å². The maximum absolute atomic E-state index is 14.0. The number of para-hydroxylation sites is 2. The van der Waals surface area contributed by atoms with Gasteiger partial charge in [0, 0.05) is 30.4 Å². The third-order valence-corrected chi connectivity index (χ3v) is 7.35. The first-order valence-corrected chi connectivity index (χ1v) is 15.6. The maximum atomic E-state index is 14.0. The van der Waals surface area contributed by atoms with Gasteiger partial charge in [-0.25, -0.2) is 14.4 Å². The molecule has 2 aromatic rings. The first-order chi connectivity index (χ1) is 23.4. The first kappa shape index (κ1) is 39.0. The minimum Gasteiger partial charge on any atom is -0.493 e. The second kappa shape index (κ2) is 18.9. The number of alkyl carbamates (subject to hydrolysis) is 1. The molecule has 1 aliphatic heterocycles. The zero-order chi connectivity index (χ0) is 36.0. The molecule has 0 aromatic heterocycles. The maximum Gasteiger partial charge on any atom is 0.431 e. The number of aliphatic hydroxyl groups excluding tert-OH is 1. The van der Waals surface area contributed by atoms with E-state index in [-0.39, 0.29) is 61.2 Å². The number of unbranched alkanes of at least 4 members (excludes halogenated alkanes) is 1. The normalized spacial score (nSPS) is 15.2. The standard InChI is InChI=1S/C33H39ClF3N3O9/c1-20-26(27(21-9-8-10-22(34)17-21)28(30(42)46-3)29(40-20)33(35,36)37)31(43)47-15-6-7-16-48-32(44)39-14-13-38-18-23(41)19-49-25-12-5-4-11-24(25)45-2/h4-5,8-12,17,23,27,38,40-41H,6-7,13-16,18-19H2,1-3H3,(H,39,44). The van der Waals surface area contributed by atoms with E-state index in [0.717, 1.165) is 7.11 Å². The Labute approximate surface area is 286 Å². The van der Waals surface area contributed by atoms with Crippen LogP contribution in [0, 0.1) is 0 Å². The SMILES string of the molecule is COC(=O)C1=C(C(F)(F)F)NC(C)=C(C(=O)OCCCCOC(=O)NCCNCC(O)COc2ccccc2OC)C1c1cccc(Cl)c1. The number of ether oxygens (including phenoxy) is 5. The Hall–Kier alpha value is -4.47. The number of benzene rings is 2. The average Bonchev–Trinajstić information content (AvgIpc) is 3.07. The molecule has 0 saturated carbocycles. The van der Waals surface area contributed by atoms with Crippen LogP contribution in [0.3, 0.4) is 0 Å². The lowest BCUT2D eigenvalue weighted by molar-refractivity contribution is -0.140. The Bertz CT molecular complexity index is 1520. The van der Waals surface area contributed by atoms with Crippen molar-refractivity contribution in [3.63, 3.8) is 0 Å². The van der Waals surface area contributed by atoms with E-state index in [0.29, 0.717) is 24.5 Å². The Morgan fingerprint density at radius 1 is 0.959 bits per heavy atom. The molecule has 1 amide bonds. The molecule has 2 unspecified atom stereocenters. The van der Waals surface area contributed by atoms with Crippen molar-refractivity contribution in [3.05, 3.63) is 81.7 Å². The molecule has 1 heterocycles. The number of halogens is 4. The van der Waals surface area contributed by atoms with Crippen molar-refractivity contribution in [2.24, 2.45) is 0 Å². The molecule has 3 rings (SSSR count). The van der Waals surface area contributed by atoms with Gasteiger partial charge in [0.2, 0.25) is 0 Å². The van der Waals surface area contributed by atoms with Crippen molar-refractivity contribution in [1.82, 2.24) is 16.0 Å². The summed E-state index contributed by atoms with van der Waals surface area (Å²) < 4.78 is 67.9. The van der Waals surface area contributed by atoms with Crippen LogP contribution < -0.4 is 25.4 Å². The smallest absolute Gasteiger partial charge is 0.431 e. The van der Waals surface area contributed by atoms with Crippen LogP contribution in [0.5, 0.6) is 11.5 Å². The summed E-state index contributed by atoms with van der Waals surface area (Å²) in [6.07, 6.45) is -5.84. The second-order valence-electron chi connectivity index (χ2n) is 10.7. The first-order valence-electron chi connectivity index (χ1n) is 15.2. The van der Waals surface area contributed by atoms with E-state index in [1.165, 1.54) is 38.3 Å². The number of methoxy groups -OCH3 is 2. The van der Waals surface area contributed by atoms with Gasteiger partial charge in [-0.2, -0.15) is 13.2 Å². The fraction of sp³-hybridized carbons (Fsp3) is 0.424. The summed E-state index contributed by atoms with van der Waals surface area (Å²) in [6, 6.07) is 12.9. The Kier molecular flexibility index (Phi) is 15.0. The number of amides is 1. The monoisotopic (exact) mass is 713 g/mol. The highest BCUT2D eigenvalue weighted by atomic mass is 35.5. The number of allylic oxidation sites excluding steroid dienone is 2. The van der Waals surface area contributed by atoms with Gasteiger partial charge >= 0.3 is 24.2 Å². The molecule has 0 saturated heterocycles. The number of dihydropyridines is 1. The van der Waals surface area contributed by atoms with Gasteiger partial charge in [-0.15, -0.1) is 0 Å². The van der Waals surface area contributed by atoms with E-state index >= 15 is 0 Å². The molecular formula is C33H39ClF3N3O9. The van der Waals surface area contributed by atoms with Gasteiger partial charge in [-0.05, 0) is 49.6 Å². The third kappa shape index (κ3) is 11.6. The summed E-state index contributed by atoms with van der Waals surface area (Å²) in [6.45, 7) is 1.99. The van der Waals surface area contributed by atoms with Crippen LogP contribution in [-0.2, 0) is 23.8 Å². The van der Waals surface area contributed by atoms with Crippen LogP contribution in [0.15, 0.2) is 71.1 Å². The molecule has 12 nitrogen and oxygen atoms in total. The van der Waals surface area contributed by atoms with Crippen molar-refractivity contribution in [2.75, 3.05) is 53.7 Å². The minimum absolute atomic E-state index is 0.00834. The lowest BCUT2D eigenvalue weighted by Crippen LogP contribution is -2.38. The number of esters is 2. The molecule has 4 N–H and O–H groups in total. The van der Waals surface area contributed by atoms with Crippen LogP contribution in [0.4, 0.5) is 18.0 Å². The highest BCUT2D eigenvalue weighted by Crippen LogP contribution is 2.43. The number of carbonyl (C=O) groups excluding carboxylic acids is 3. The zero-order valence-electron chi connectivity index (χ0n) is 27.2. The molecule has 16 heteroatoms. The molecule has 0 bridgehead atoms. The van der Waals surface area contributed by atoms with Gasteiger partial charge in [0.25, 0.3) is 0 Å². The van der Waals surface area contributed by atoms with Crippen molar-refractivity contribution in [3.8, 4) is 11.5 Å². The van der Waals surface area contributed by atoms with Gasteiger partial charge in [0.1, 0.15) is 18.4 Å². The molecule has 49 heavy (non-hydrogen) atoms. The van der Waals surface area contributed by atoms with Gasteiger partial charge in [-0.1, -0.05) is 35.9 Å². The lowest BCUT2D eigenvalue weighted by Gasteiger charge is -2.32. The predicted molar refractivity (Wildman–Crippen MR) is 172 cm³/mol. The number of alkyl halides is 3. The summed E-state index contributed by atoms with van der Waals surface area (Å²) in [4.78, 5) is 37.9. The number of hydrogen-bond acceptors (Lipinski definition) is 11. The Morgan fingerprint density at radius 2 is 1.65 bits per heavy atom. The second-order valence-corrected chi connectivity index (χ2v) is 11.1. The fourth-order valence-corrected chi connectivity index (χ4v) is 5.04. The summed E-state index contributed by atoms with van der Waals surface area (Å²) >= 11 is 6.10. The molecular weight excluding hydrogens is 675 g/mol. The van der Waals surface area contributed by atoms with Crippen LogP contribution in [0.25, 0.3) is 0 Å². The van der Waals surface area contributed by atoms with Crippen molar-refractivity contribution in [2.45, 2.75) is 38.0 Å². The van der Waals surface area contributed by atoms with Gasteiger partial charge in [0.15, 0.2) is 11.5 Å². The van der Waals surface area contributed by atoms with Crippen molar-refractivity contribution < 1.29 is 56.3 Å². The highest BCUT2D eigenvalue weighted by molar-refractivity contribution is 6.30. The summed E-state index contributed by atoms with van der Waals surface area (Å²) in [5, 5.41) is 18.0. The third-order valence-electron chi connectivity index (χ3n) is 7.11. The summed E-state index contributed by atoms with van der Waals surface area (Å²) in [5.74, 6) is -2.63. The van der Waals surface area contributed by atoms with E-state index < -0.39 is 47.5 Å². The van der Waals surface area contributed by atoms with Gasteiger partial charge < -0.3 is 44.7 Å². The van der Waals surface area contributed by atoms with Crippen LogP contribution in [-0.4, -0.2) is 89.1 Å². The number of aliphatic hydroxyl groups is 1. The van der Waals surface area contributed by atoms with Crippen molar-refractivity contribution >= 4 is 29.6 Å². The Morgan fingerprint density at radius 3 is 2.31 bits per heavy atom. The van der Waals surface area contributed by atoms with E-state index in [4.69, 9.17) is 30.5 Å².